The minimum Gasteiger partial charge on any atom is -0.424 e. The van der Waals surface area contributed by atoms with E-state index in [4.69, 9.17) is 21.0 Å². The van der Waals surface area contributed by atoms with Gasteiger partial charge in [-0.2, -0.15) is 10.1 Å². The molecule has 1 aromatic carbocycles. The average molecular weight is 571 g/mol. The number of unbranched alkanes of at least 4 members (excludes halogenated alkanes) is 1. The van der Waals surface area contributed by atoms with Crippen LogP contribution in [-0.2, 0) is 11.3 Å². The van der Waals surface area contributed by atoms with Crippen LogP contribution < -0.4 is 21.7 Å². The summed E-state index contributed by atoms with van der Waals surface area (Å²) in [4.78, 5) is 49.5. The molecule has 0 aliphatic carbocycles. The van der Waals surface area contributed by atoms with Gasteiger partial charge in [0.25, 0.3) is 11.9 Å². The van der Waals surface area contributed by atoms with Gasteiger partial charge in [-0.25, -0.2) is 24.6 Å². The maximum absolute atomic E-state index is 12.6. The molecule has 5 heterocycles. The molecule has 216 valence electrons. The predicted octanol–water partition coefficient (Wildman–Crippen LogP) is 1.47. The SMILES string of the molecule is CC(=O)N1CCN(c2ncc(C(=O)NCCCCn3nc(-c4ccc5oc(N)nc5c4)c4c(N)ncnc43)cn2)CC1. The van der Waals surface area contributed by atoms with Crippen molar-refractivity contribution < 1.29 is 14.0 Å². The summed E-state index contributed by atoms with van der Waals surface area (Å²) in [6.45, 7) is 5.18. The van der Waals surface area contributed by atoms with Gasteiger partial charge in [-0.3, -0.25) is 9.59 Å². The van der Waals surface area contributed by atoms with Crippen molar-refractivity contribution in [2.24, 2.45) is 0 Å². The second-order valence-electron chi connectivity index (χ2n) is 9.99. The number of benzene rings is 1. The van der Waals surface area contributed by atoms with E-state index < -0.39 is 0 Å². The van der Waals surface area contributed by atoms with Crippen LogP contribution in [-0.4, -0.2) is 84.1 Å². The van der Waals surface area contributed by atoms with Gasteiger partial charge in [-0.05, 0) is 31.0 Å². The molecular weight excluding hydrogens is 540 g/mol. The lowest BCUT2D eigenvalue weighted by Crippen LogP contribution is -2.48. The maximum Gasteiger partial charge on any atom is 0.292 e. The Morgan fingerprint density at radius 1 is 1.02 bits per heavy atom. The van der Waals surface area contributed by atoms with Gasteiger partial charge in [0.15, 0.2) is 11.2 Å². The van der Waals surface area contributed by atoms with Crippen LogP contribution in [0.3, 0.4) is 0 Å². The summed E-state index contributed by atoms with van der Waals surface area (Å²) >= 11 is 0. The number of carbonyl (C=O) groups is 2. The zero-order valence-corrected chi connectivity index (χ0v) is 23.0. The molecule has 42 heavy (non-hydrogen) atoms. The van der Waals surface area contributed by atoms with Gasteiger partial charge in [-0.15, -0.1) is 0 Å². The van der Waals surface area contributed by atoms with E-state index in [1.54, 1.807) is 22.6 Å². The molecule has 5 N–H and O–H groups in total. The van der Waals surface area contributed by atoms with Crippen LogP contribution in [0.1, 0.15) is 30.1 Å². The highest BCUT2D eigenvalue weighted by Crippen LogP contribution is 2.32. The van der Waals surface area contributed by atoms with Crippen molar-refractivity contribution in [3.63, 3.8) is 0 Å². The number of amides is 2. The number of carbonyl (C=O) groups excluding carboxylic acids is 2. The molecule has 15 nitrogen and oxygen atoms in total. The van der Waals surface area contributed by atoms with E-state index in [0.29, 0.717) is 90.8 Å². The average Bonchev–Trinajstić information content (AvgIpc) is 3.57. The summed E-state index contributed by atoms with van der Waals surface area (Å²) in [6, 6.07) is 5.59. The van der Waals surface area contributed by atoms with Crippen molar-refractivity contribution in [3.05, 3.63) is 42.5 Å². The highest BCUT2D eigenvalue weighted by Gasteiger charge is 2.21. The number of fused-ring (bicyclic) bond motifs is 2. The topological polar surface area (TPSA) is 200 Å². The van der Waals surface area contributed by atoms with Gasteiger partial charge in [0.2, 0.25) is 11.9 Å². The lowest BCUT2D eigenvalue weighted by atomic mass is 10.1. The van der Waals surface area contributed by atoms with E-state index in [2.05, 4.69) is 30.2 Å². The summed E-state index contributed by atoms with van der Waals surface area (Å²) in [6.07, 6.45) is 5.93. The summed E-state index contributed by atoms with van der Waals surface area (Å²) in [7, 11) is 0. The lowest BCUT2D eigenvalue weighted by molar-refractivity contribution is -0.129. The first-order chi connectivity index (χ1) is 20.4. The number of hydrogen-bond donors (Lipinski definition) is 3. The first kappa shape index (κ1) is 26.9. The molecule has 15 heteroatoms. The first-order valence-corrected chi connectivity index (χ1v) is 13.6. The zero-order valence-electron chi connectivity index (χ0n) is 23.0. The molecule has 6 rings (SSSR count). The summed E-state index contributed by atoms with van der Waals surface area (Å²) in [5.41, 5.74) is 15.6. The molecule has 1 aliphatic rings. The van der Waals surface area contributed by atoms with Gasteiger partial charge in [0.1, 0.15) is 23.4 Å². The number of aromatic nitrogens is 7. The number of nitrogen functional groups attached to an aromatic ring is 2. The number of rotatable bonds is 8. The Morgan fingerprint density at radius 3 is 2.57 bits per heavy atom. The largest absolute Gasteiger partial charge is 0.424 e. The van der Waals surface area contributed by atoms with Crippen molar-refractivity contribution >= 4 is 51.7 Å². The van der Waals surface area contributed by atoms with E-state index in [-0.39, 0.29) is 17.8 Å². The van der Waals surface area contributed by atoms with Crippen molar-refractivity contribution in [2.45, 2.75) is 26.3 Å². The number of aryl methyl sites for hydroxylation is 1. The minimum absolute atomic E-state index is 0.0663. The molecule has 5 aromatic rings. The second-order valence-corrected chi connectivity index (χ2v) is 9.99. The summed E-state index contributed by atoms with van der Waals surface area (Å²) in [5, 5.41) is 8.37. The molecule has 0 spiro atoms. The van der Waals surface area contributed by atoms with Crippen molar-refractivity contribution in [3.8, 4) is 11.3 Å². The van der Waals surface area contributed by atoms with Crippen LogP contribution in [0.15, 0.2) is 41.3 Å². The molecule has 0 atom stereocenters. The number of nitrogens with zero attached hydrogens (tertiary/aromatic N) is 9. The Labute approximate surface area is 239 Å². The lowest BCUT2D eigenvalue weighted by Gasteiger charge is -2.34. The molecule has 1 aliphatic heterocycles. The highest BCUT2D eigenvalue weighted by molar-refractivity contribution is 5.99. The minimum atomic E-state index is -0.237. The molecular formula is C27H30N12O3. The third kappa shape index (κ3) is 5.35. The molecule has 1 fully saturated rings. The Kier molecular flexibility index (Phi) is 7.21. The van der Waals surface area contributed by atoms with Crippen LogP contribution >= 0.6 is 0 Å². The molecule has 4 aromatic heterocycles. The summed E-state index contributed by atoms with van der Waals surface area (Å²) < 4.78 is 7.18. The van der Waals surface area contributed by atoms with Crippen LogP contribution in [0.4, 0.5) is 17.8 Å². The number of nitrogens with two attached hydrogens (primary N) is 2. The fourth-order valence-electron chi connectivity index (χ4n) is 4.99. The number of nitrogens with one attached hydrogen (secondary N) is 1. The third-order valence-electron chi connectivity index (χ3n) is 7.23. The molecule has 2 amide bonds. The van der Waals surface area contributed by atoms with E-state index in [9.17, 15) is 9.59 Å². The van der Waals surface area contributed by atoms with E-state index in [0.717, 1.165) is 12.0 Å². The van der Waals surface area contributed by atoms with Gasteiger partial charge in [0.05, 0.1) is 10.9 Å². The van der Waals surface area contributed by atoms with Gasteiger partial charge < -0.3 is 31.0 Å². The van der Waals surface area contributed by atoms with E-state index in [1.165, 1.54) is 18.7 Å². The predicted molar refractivity (Wildman–Crippen MR) is 155 cm³/mol. The second kappa shape index (κ2) is 11.3. The van der Waals surface area contributed by atoms with Crippen molar-refractivity contribution in [1.29, 1.82) is 0 Å². The molecule has 1 saturated heterocycles. The summed E-state index contributed by atoms with van der Waals surface area (Å²) in [5.74, 6) is 0.714. The van der Waals surface area contributed by atoms with Gasteiger partial charge in [0, 0.05) is 64.1 Å². The Balaban J connectivity index is 1.05. The van der Waals surface area contributed by atoms with Gasteiger partial charge >= 0.3 is 0 Å². The smallest absolute Gasteiger partial charge is 0.292 e. The van der Waals surface area contributed by atoms with Crippen molar-refractivity contribution in [2.75, 3.05) is 49.1 Å². The normalized spacial score (nSPS) is 13.6. The number of hydrogen-bond acceptors (Lipinski definition) is 12. The fourth-order valence-corrected chi connectivity index (χ4v) is 4.99. The molecule has 0 bridgehead atoms. The van der Waals surface area contributed by atoms with Crippen LogP contribution in [0.25, 0.3) is 33.4 Å². The third-order valence-corrected chi connectivity index (χ3v) is 7.23. The molecule has 0 unspecified atom stereocenters. The number of oxazole rings is 1. The highest BCUT2D eigenvalue weighted by atomic mass is 16.4. The number of piperazine rings is 1. The van der Waals surface area contributed by atoms with Crippen LogP contribution in [0.5, 0.6) is 0 Å². The quantitative estimate of drug-likeness (QED) is 0.227. The molecule has 0 radical (unpaired) electrons. The Bertz CT molecular complexity index is 1760. The molecule has 0 saturated carbocycles. The van der Waals surface area contributed by atoms with Gasteiger partial charge in [-0.1, -0.05) is 0 Å². The zero-order chi connectivity index (χ0) is 29.2. The van der Waals surface area contributed by atoms with Crippen LogP contribution in [0, 0.1) is 0 Å². The standard InChI is InChI=1S/C27H30N12O3/c1-16(40)37-8-10-38(11-9-37)27-31-13-18(14-32-27)25(41)30-6-2-3-7-39-24-21(23(28)33-15-34-24)22(36-39)17-4-5-20-19(12-17)35-26(29)42-20/h4-5,12-15H,2-3,6-11H2,1H3,(H2,29,35)(H,30,41)(H2,28,33,34). The Hall–Kier alpha value is -5.34. The van der Waals surface area contributed by atoms with E-state index >= 15 is 0 Å². The Morgan fingerprint density at radius 2 is 1.81 bits per heavy atom. The van der Waals surface area contributed by atoms with Crippen molar-refractivity contribution in [1.82, 2.24) is 44.9 Å². The monoisotopic (exact) mass is 570 g/mol. The fraction of sp³-hybridized carbons (Fsp3) is 0.333. The number of anilines is 3. The maximum atomic E-state index is 12.6. The van der Waals surface area contributed by atoms with E-state index in [1.807, 2.05) is 17.0 Å². The first-order valence-electron chi connectivity index (χ1n) is 13.6. The van der Waals surface area contributed by atoms with Crippen LogP contribution in [0.2, 0.25) is 0 Å².